The van der Waals surface area contributed by atoms with Crippen LogP contribution >= 0.6 is 0 Å². The fourth-order valence-electron chi connectivity index (χ4n) is 2.21. The molecule has 0 atom stereocenters. The van der Waals surface area contributed by atoms with Crippen LogP contribution in [0.15, 0.2) is 29.1 Å². The number of hydrogen-bond donors (Lipinski definition) is 1. The smallest absolute Gasteiger partial charge is 0.251 e. The van der Waals surface area contributed by atoms with Crippen molar-refractivity contribution >= 4 is 0 Å². The van der Waals surface area contributed by atoms with Gasteiger partial charge in [0, 0.05) is 25.2 Å². The van der Waals surface area contributed by atoms with Crippen LogP contribution in [0.25, 0.3) is 11.3 Å². The van der Waals surface area contributed by atoms with E-state index in [1.165, 1.54) is 6.07 Å². The summed E-state index contributed by atoms with van der Waals surface area (Å²) in [6, 6.07) is 7.37. The van der Waals surface area contributed by atoms with Crippen molar-refractivity contribution in [2.45, 2.75) is 13.0 Å². The van der Waals surface area contributed by atoms with Crippen LogP contribution in [0.2, 0.25) is 0 Å². The second-order valence-corrected chi connectivity index (χ2v) is 4.43. The number of nitrogens with one attached hydrogen (secondary N) is 1. The molecule has 98 valence electrons. The van der Waals surface area contributed by atoms with E-state index in [9.17, 15) is 4.79 Å². The van der Waals surface area contributed by atoms with E-state index in [4.69, 9.17) is 9.47 Å². The van der Waals surface area contributed by atoms with Gasteiger partial charge in [-0.15, -0.1) is 0 Å². The van der Waals surface area contributed by atoms with Crippen molar-refractivity contribution < 1.29 is 9.47 Å². The van der Waals surface area contributed by atoms with Gasteiger partial charge in [-0.2, -0.15) is 0 Å². The van der Waals surface area contributed by atoms with Gasteiger partial charge in [-0.05, 0) is 23.8 Å². The lowest BCUT2D eigenvalue weighted by Crippen LogP contribution is -2.11. The topological polar surface area (TPSA) is 64.2 Å². The fourth-order valence-corrected chi connectivity index (χ4v) is 2.21. The Kier molecular flexibility index (Phi) is 3.05. The Hall–Kier alpha value is -2.14. The molecule has 0 saturated carbocycles. The summed E-state index contributed by atoms with van der Waals surface area (Å²) in [5, 5.41) is 0. The van der Waals surface area contributed by atoms with E-state index in [0.717, 1.165) is 29.9 Å². The quantitative estimate of drug-likeness (QED) is 0.906. The highest BCUT2D eigenvalue weighted by atomic mass is 16.5. The SMILES string of the molecule is COCc1nc(-c2ccc3c(c2)CCO3)cc(=O)[nH]1. The summed E-state index contributed by atoms with van der Waals surface area (Å²) in [4.78, 5) is 18.7. The number of aromatic nitrogens is 2. The van der Waals surface area contributed by atoms with Crippen molar-refractivity contribution in [3.8, 4) is 17.0 Å². The fraction of sp³-hybridized carbons (Fsp3) is 0.286. The normalized spacial score (nSPS) is 13.1. The number of hydrogen-bond acceptors (Lipinski definition) is 4. The van der Waals surface area contributed by atoms with Gasteiger partial charge in [0.2, 0.25) is 0 Å². The number of aromatic amines is 1. The minimum atomic E-state index is -0.172. The zero-order valence-electron chi connectivity index (χ0n) is 10.6. The Labute approximate surface area is 110 Å². The first-order valence-corrected chi connectivity index (χ1v) is 6.11. The molecule has 0 unspecified atom stereocenters. The molecule has 0 radical (unpaired) electrons. The van der Waals surface area contributed by atoms with Gasteiger partial charge in [0.1, 0.15) is 18.2 Å². The van der Waals surface area contributed by atoms with Crippen LogP contribution in [-0.2, 0) is 17.8 Å². The molecule has 19 heavy (non-hydrogen) atoms. The highest BCUT2D eigenvalue weighted by Gasteiger charge is 2.13. The first-order valence-electron chi connectivity index (χ1n) is 6.11. The van der Waals surface area contributed by atoms with Crippen molar-refractivity contribution in [2.24, 2.45) is 0 Å². The second-order valence-electron chi connectivity index (χ2n) is 4.43. The lowest BCUT2D eigenvalue weighted by atomic mass is 10.1. The predicted molar refractivity (Wildman–Crippen MR) is 70.2 cm³/mol. The van der Waals surface area contributed by atoms with Gasteiger partial charge in [-0.3, -0.25) is 4.79 Å². The summed E-state index contributed by atoms with van der Waals surface area (Å²) in [5.41, 5.74) is 2.57. The van der Waals surface area contributed by atoms with Gasteiger partial charge >= 0.3 is 0 Å². The molecule has 0 aliphatic carbocycles. The van der Waals surface area contributed by atoms with Crippen LogP contribution in [0.1, 0.15) is 11.4 Å². The van der Waals surface area contributed by atoms with E-state index < -0.39 is 0 Å². The third-order valence-corrected chi connectivity index (χ3v) is 3.06. The number of fused-ring (bicyclic) bond motifs is 1. The molecule has 1 aromatic carbocycles. The van der Waals surface area contributed by atoms with Crippen molar-refractivity contribution in [3.05, 3.63) is 46.0 Å². The molecule has 5 nitrogen and oxygen atoms in total. The molecule has 0 fully saturated rings. The molecule has 2 heterocycles. The van der Waals surface area contributed by atoms with Crippen molar-refractivity contribution in [1.82, 2.24) is 9.97 Å². The Morgan fingerprint density at radius 1 is 1.42 bits per heavy atom. The van der Waals surface area contributed by atoms with E-state index in [0.29, 0.717) is 11.5 Å². The molecule has 1 N–H and O–H groups in total. The van der Waals surface area contributed by atoms with E-state index >= 15 is 0 Å². The standard InChI is InChI=1S/C14H14N2O3/c1-18-8-13-15-11(7-14(17)16-13)9-2-3-12-10(6-9)4-5-19-12/h2-3,6-7H,4-5,8H2,1H3,(H,15,16,17). The zero-order valence-corrected chi connectivity index (χ0v) is 10.6. The minimum absolute atomic E-state index is 0.172. The minimum Gasteiger partial charge on any atom is -0.493 e. The van der Waals surface area contributed by atoms with Gasteiger partial charge < -0.3 is 14.5 Å². The summed E-state index contributed by atoms with van der Waals surface area (Å²) in [6.45, 7) is 1.01. The molecule has 0 spiro atoms. The Bertz CT molecular complexity index is 664. The Balaban J connectivity index is 2.04. The summed E-state index contributed by atoms with van der Waals surface area (Å²) < 4.78 is 10.5. The molecular formula is C14H14N2O3. The molecule has 3 rings (SSSR count). The van der Waals surface area contributed by atoms with Crippen molar-refractivity contribution in [1.29, 1.82) is 0 Å². The number of benzene rings is 1. The monoisotopic (exact) mass is 258 g/mol. The first kappa shape index (κ1) is 11.9. The van der Waals surface area contributed by atoms with Crippen LogP contribution in [0, 0.1) is 0 Å². The van der Waals surface area contributed by atoms with E-state index in [1.54, 1.807) is 7.11 Å². The number of H-pyrrole nitrogens is 1. The third kappa shape index (κ3) is 2.37. The third-order valence-electron chi connectivity index (χ3n) is 3.06. The number of ether oxygens (including phenoxy) is 2. The van der Waals surface area contributed by atoms with Crippen LogP contribution < -0.4 is 10.3 Å². The number of rotatable bonds is 3. The molecule has 0 saturated heterocycles. The van der Waals surface area contributed by atoms with Crippen molar-refractivity contribution in [3.63, 3.8) is 0 Å². The molecule has 5 heteroatoms. The summed E-state index contributed by atoms with van der Waals surface area (Å²) in [7, 11) is 1.57. The molecular weight excluding hydrogens is 244 g/mol. The van der Waals surface area contributed by atoms with E-state index in [2.05, 4.69) is 9.97 Å². The second kappa shape index (κ2) is 4.85. The van der Waals surface area contributed by atoms with Crippen LogP contribution in [0.5, 0.6) is 5.75 Å². The average molecular weight is 258 g/mol. The lowest BCUT2D eigenvalue weighted by Gasteiger charge is -2.05. The van der Waals surface area contributed by atoms with Gasteiger partial charge in [0.15, 0.2) is 0 Å². The molecule has 0 amide bonds. The predicted octanol–water partition coefficient (Wildman–Crippen LogP) is 1.52. The van der Waals surface area contributed by atoms with Crippen LogP contribution in [0.4, 0.5) is 0 Å². The zero-order chi connectivity index (χ0) is 13.2. The van der Waals surface area contributed by atoms with E-state index in [-0.39, 0.29) is 12.2 Å². The van der Waals surface area contributed by atoms with Gasteiger partial charge in [-0.25, -0.2) is 4.98 Å². The first-order chi connectivity index (χ1) is 9.26. The molecule has 1 aliphatic heterocycles. The van der Waals surface area contributed by atoms with Crippen LogP contribution in [0.3, 0.4) is 0 Å². The van der Waals surface area contributed by atoms with Crippen LogP contribution in [-0.4, -0.2) is 23.7 Å². The summed E-state index contributed by atoms with van der Waals surface area (Å²) >= 11 is 0. The lowest BCUT2D eigenvalue weighted by molar-refractivity contribution is 0.177. The Morgan fingerprint density at radius 3 is 3.16 bits per heavy atom. The van der Waals surface area contributed by atoms with Gasteiger partial charge in [-0.1, -0.05) is 0 Å². The largest absolute Gasteiger partial charge is 0.493 e. The molecule has 0 bridgehead atoms. The summed E-state index contributed by atoms with van der Waals surface area (Å²) in [6.07, 6.45) is 0.900. The maximum atomic E-state index is 11.6. The summed E-state index contributed by atoms with van der Waals surface area (Å²) in [5.74, 6) is 1.45. The Morgan fingerprint density at radius 2 is 2.32 bits per heavy atom. The molecule has 1 aliphatic rings. The van der Waals surface area contributed by atoms with Gasteiger partial charge in [0.25, 0.3) is 5.56 Å². The van der Waals surface area contributed by atoms with E-state index in [1.807, 2.05) is 18.2 Å². The number of nitrogens with zero attached hydrogens (tertiary/aromatic N) is 1. The maximum absolute atomic E-state index is 11.6. The highest BCUT2D eigenvalue weighted by molar-refractivity contribution is 5.62. The molecule has 2 aromatic rings. The maximum Gasteiger partial charge on any atom is 0.251 e. The average Bonchev–Trinajstić information content (AvgIpc) is 2.85. The van der Waals surface area contributed by atoms with Crippen molar-refractivity contribution in [2.75, 3.05) is 13.7 Å². The highest BCUT2D eigenvalue weighted by Crippen LogP contribution is 2.29. The molecule has 1 aromatic heterocycles. The van der Waals surface area contributed by atoms with Gasteiger partial charge in [0.05, 0.1) is 12.3 Å². The number of methoxy groups -OCH3 is 1.